The fourth-order valence-electron chi connectivity index (χ4n) is 2.60. The Bertz CT molecular complexity index is 389. The molecule has 3 heteroatoms. The fourth-order valence-corrected chi connectivity index (χ4v) is 2.60. The molecule has 0 bridgehead atoms. The first-order valence-electron chi connectivity index (χ1n) is 7.51. The van der Waals surface area contributed by atoms with Crippen molar-refractivity contribution in [2.24, 2.45) is 11.8 Å². The Morgan fingerprint density at radius 1 is 1.37 bits per heavy atom. The molecule has 1 aromatic heterocycles. The van der Waals surface area contributed by atoms with E-state index in [2.05, 4.69) is 49.2 Å². The lowest BCUT2D eigenvalue weighted by Gasteiger charge is -2.15. The lowest BCUT2D eigenvalue weighted by Crippen LogP contribution is -2.22. The quantitative estimate of drug-likeness (QED) is 0.853. The van der Waals surface area contributed by atoms with E-state index >= 15 is 0 Å². The molecule has 0 spiro atoms. The van der Waals surface area contributed by atoms with E-state index in [1.54, 1.807) is 0 Å². The summed E-state index contributed by atoms with van der Waals surface area (Å²) in [6, 6.07) is 6.40. The number of nitrogens with one attached hydrogen (secondary N) is 1. The van der Waals surface area contributed by atoms with Crippen LogP contribution in [0.1, 0.15) is 38.6 Å². The van der Waals surface area contributed by atoms with Gasteiger partial charge >= 0.3 is 0 Å². The molecule has 0 saturated carbocycles. The molecule has 1 aromatic rings. The lowest BCUT2D eigenvalue weighted by molar-refractivity contribution is 0.316. The summed E-state index contributed by atoms with van der Waals surface area (Å²) in [4.78, 5) is 7.27. The number of nitrogens with zero attached hydrogens (tertiary/aromatic N) is 2. The summed E-state index contributed by atoms with van der Waals surface area (Å²) in [5, 5.41) is 3.45. The third-order valence-corrected chi connectivity index (χ3v) is 3.62. The highest BCUT2D eigenvalue weighted by Gasteiger charge is 2.18. The first-order chi connectivity index (χ1) is 9.13. The van der Waals surface area contributed by atoms with E-state index < -0.39 is 0 Å². The highest BCUT2D eigenvalue weighted by Crippen LogP contribution is 2.17. The van der Waals surface area contributed by atoms with Crippen LogP contribution in [0.5, 0.6) is 0 Å². The molecule has 2 rings (SSSR count). The zero-order chi connectivity index (χ0) is 13.7. The zero-order valence-electron chi connectivity index (χ0n) is 12.5. The molecule has 1 saturated heterocycles. The van der Waals surface area contributed by atoms with E-state index in [-0.39, 0.29) is 0 Å². The molecule has 1 fully saturated rings. The predicted molar refractivity (Wildman–Crippen MR) is 79.8 cm³/mol. The second-order valence-corrected chi connectivity index (χ2v) is 6.27. The first kappa shape index (κ1) is 14.5. The highest BCUT2D eigenvalue weighted by molar-refractivity contribution is 5.11. The summed E-state index contributed by atoms with van der Waals surface area (Å²) >= 11 is 0. The van der Waals surface area contributed by atoms with E-state index in [0.29, 0.717) is 5.92 Å². The molecular weight excluding hydrogens is 234 g/mol. The van der Waals surface area contributed by atoms with E-state index in [0.717, 1.165) is 31.2 Å². The smallest absolute Gasteiger partial charge is 0.0547 e. The second kappa shape index (κ2) is 7.01. The van der Waals surface area contributed by atoms with Gasteiger partial charge in [-0.2, -0.15) is 0 Å². The van der Waals surface area contributed by atoms with Crippen LogP contribution in [0.4, 0.5) is 0 Å². The molecule has 1 atom stereocenters. The maximum absolute atomic E-state index is 4.75. The molecule has 1 N–H and O–H groups in total. The molecule has 0 aromatic carbocycles. The van der Waals surface area contributed by atoms with Crippen LogP contribution < -0.4 is 5.32 Å². The number of rotatable bonds is 6. The fraction of sp³-hybridized carbons (Fsp3) is 0.688. The Morgan fingerprint density at radius 2 is 2.16 bits per heavy atom. The van der Waals surface area contributed by atoms with Crippen molar-refractivity contribution >= 4 is 0 Å². The van der Waals surface area contributed by atoms with E-state index in [4.69, 9.17) is 4.98 Å². The minimum Gasteiger partial charge on any atom is -0.311 e. The van der Waals surface area contributed by atoms with Gasteiger partial charge in [0.05, 0.1) is 11.4 Å². The van der Waals surface area contributed by atoms with Crippen molar-refractivity contribution in [3.63, 3.8) is 0 Å². The van der Waals surface area contributed by atoms with Gasteiger partial charge in [0.15, 0.2) is 0 Å². The standard InChI is InChI=1S/C16H27N3/c1-13(2)9-17-10-15-5-4-6-16(18-15)12-19-8-7-14(3)11-19/h4-6,13-14,17H,7-12H2,1-3H3. The molecule has 19 heavy (non-hydrogen) atoms. The summed E-state index contributed by atoms with van der Waals surface area (Å²) in [7, 11) is 0. The van der Waals surface area contributed by atoms with Crippen LogP contribution in [-0.2, 0) is 13.1 Å². The summed E-state index contributed by atoms with van der Waals surface area (Å²) in [5.41, 5.74) is 2.36. The van der Waals surface area contributed by atoms with Crippen molar-refractivity contribution in [2.75, 3.05) is 19.6 Å². The van der Waals surface area contributed by atoms with Gasteiger partial charge in [0.25, 0.3) is 0 Å². The normalized spacial score (nSPS) is 20.3. The number of hydrogen-bond acceptors (Lipinski definition) is 3. The Morgan fingerprint density at radius 3 is 2.84 bits per heavy atom. The number of pyridine rings is 1. The largest absolute Gasteiger partial charge is 0.311 e. The SMILES string of the molecule is CC(C)CNCc1cccc(CN2CCC(C)C2)n1. The van der Waals surface area contributed by atoms with Crippen molar-refractivity contribution in [1.82, 2.24) is 15.2 Å². The Balaban J connectivity index is 1.84. The number of likely N-dealkylation sites (tertiary alicyclic amines) is 1. The zero-order valence-corrected chi connectivity index (χ0v) is 12.5. The van der Waals surface area contributed by atoms with Gasteiger partial charge in [0, 0.05) is 19.6 Å². The first-order valence-corrected chi connectivity index (χ1v) is 7.51. The average molecular weight is 261 g/mol. The molecule has 1 aliphatic rings. The Hall–Kier alpha value is -0.930. The van der Waals surface area contributed by atoms with Crippen LogP contribution in [0.25, 0.3) is 0 Å². The van der Waals surface area contributed by atoms with Gasteiger partial charge in [-0.3, -0.25) is 9.88 Å². The van der Waals surface area contributed by atoms with Gasteiger partial charge in [-0.25, -0.2) is 0 Å². The third-order valence-electron chi connectivity index (χ3n) is 3.62. The second-order valence-electron chi connectivity index (χ2n) is 6.27. The minimum atomic E-state index is 0.689. The Kier molecular flexibility index (Phi) is 5.34. The maximum Gasteiger partial charge on any atom is 0.0547 e. The van der Waals surface area contributed by atoms with Crippen molar-refractivity contribution < 1.29 is 0 Å². The summed E-state index contributed by atoms with van der Waals surface area (Å²) in [6.07, 6.45) is 1.33. The van der Waals surface area contributed by atoms with E-state index in [1.807, 2.05) is 0 Å². The van der Waals surface area contributed by atoms with Gasteiger partial charge in [0.2, 0.25) is 0 Å². The molecule has 0 amide bonds. The van der Waals surface area contributed by atoms with Crippen molar-refractivity contribution in [3.05, 3.63) is 29.6 Å². The monoisotopic (exact) mass is 261 g/mol. The van der Waals surface area contributed by atoms with E-state index in [9.17, 15) is 0 Å². The molecule has 106 valence electrons. The predicted octanol–water partition coefficient (Wildman–Crippen LogP) is 2.67. The van der Waals surface area contributed by atoms with Gasteiger partial charge in [-0.05, 0) is 43.5 Å². The summed E-state index contributed by atoms with van der Waals surface area (Å²) < 4.78 is 0. The molecule has 2 heterocycles. The maximum atomic E-state index is 4.75. The van der Waals surface area contributed by atoms with Crippen LogP contribution >= 0.6 is 0 Å². The lowest BCUT2D eigenvalue weighted by atomic mass is 10.2. The molecule has 1 aliphatic heterocycles. The summed E-state index contributed by atoms with van der Waals surface area (Å²) in [6.45, 7) is 12.2. The van der Waals surface area contributed by atoms with Crippen molar-refractivity contribution in [3.8, 4) is 0 Å². The van der Waals surface area contributed by atoms with Crippen LogP contribution in [-0.4, -0.2) is 29.5 Å². The van der Waals surface area contributed by atoms with Gasteiger partial charge in [0.1, 0.15) is 0 Å². The minimum absolute atomic E-state index is 0.689. The number of hydrogen-bond donors (Lipinski definition) is 1. The van der Waals surface area contributed by atoms with Crippen LogP contribution in [0.3, 0.4) is 0 Å². The van der Waals surface area contributed by atoms with Gasteiger partial charge < -0.3 is 5.32 Å². The van der Waals surface area contributed by atoms with Crippen LogP contribution in [0.2, 0.25) is 0 Å². The topological polar surface area (TPSA) is 28.2 Å². The molecule has 0 aliphatic carbocycles. The summed E-state index contributed by atoms with van der Waals surface area (Å²) in [5.74, 6) is 1.53. The highest BCUT2D eigenvalue weighted by atomic mass is 15.1. The average Bonchev–Trinajstić information content (AvgIpc) is 2.75. The van der Waals surface area contributed by atoms with Gasteiger partial charge in [-0.1, -0.05) is 26.8 Å². The van der Waals surface area contributed by atoms with Gasteiger partial charge in [-0.15, -0.1) is 0 Å². The third kappa shape index (κ3) is 4.92. The molecule has 0 radical (unpaired) electrons. The Labute approximate surface area is 117 Å². The van der Waals surface area contributed by atoms with Crippen LogP contribution in [0, 0.1) is 11.8 Å². The van der Waals surface area contributed by atoms with Crippen LogP contribution in [0.15, 0.2) is 18.2 Å². The molecular formula is C16H27N3. The van der Waals surface area contributed by atoms with Crippen molar-refractivity contribution in [2.45, 2.75) is 40.3 Å². The molecule has 3 nitrogen and oxygen atoms in total. The number of aromatic nitrogens is 1. The van der Waals surface area contributed by atoms with Crippen molar-refractivity contribution in [1.29, 1.82) is 0 Å². The molecule has 1 unspecified atom stereocenters. The van der Waals surface area contributed by atoms with E-state index in [1.165, 1.54) is 25.2 Å².